The van der Waals surface area contributed by atoms with Crippen LogP contribution in [0, 0.1) is 0 Å². The van der Waals surface area contributed by atoms with E-state index < -0.39 is 18.3 Å². The minimum Gasteiger partial charge on any atom is -0.493 e. The van der Waals surface area contributed by atoms with E-state index in [4.69, 9.17) is 14.7 Å². The van der Waals surface area contributed by atoms with Crippen molar-refractivity contribution in [2.75, 3.05) is 14.2 Å². The van der Waals surface area contributed by atoms with Gasteiger partial charge in [-0.1, -0.05) is 11.2 Å². The molecule has 18 heavy (non-hydrogen) atoms. The molecule has 0 amide bonds. The lowest BCUT2D eigenvalue weighted by Gasteiger charge is -2.11. The maximum absolute atomic E-state index is 12.4. The van der Waals surface area contributed by atoms with E-state index in [1.165, 1.54) is 32.4 Å². The molecule has 1 rings (SSSR count). The van der Waals surface area contributed by atoms with Crippen molar-refractivity contribution in [1.29, 1.82) is 0 Å². The van der Waals surface area contributed by atoms with Crippen molar-refractivity contribution in [3.05, 3.63) is 23.8 Å². The van der Waals surface area contributed by atoms with Crippen molar-refractivity contribution in [3.8, 4) is 11.5 Å². The summed E-state index contributed by atoms with van der Waals surface area (Å²) in [5.74, 6) is 0.727. The van der Waals surface area contributed by atoms with Crippen LogP contribution in [0.3, 0.4) is 0 Å². The van der Waals surface area contributed by atoms with E-state index in [2.05, 4.69) is 5.16 Å². The Kier molecular flexibility index (Phi) is 4.41. The lowest BCUT2D eigenvalue weighted by atomic mass is 10.1. The number of hydrogen-bond donors (Lipinski definition) is 1. The van der Waals surface area contributed by atoms with E-state index in [1.807, 2.05) is 0 Å². The van der Waals surface area contributed by atoms with Gasteiger partial charge in [0.1, 0.15) is 0 Å². The highest BCUT2D eigenvalue weighted by Crippen LogP contribution is 2.29. The summed E-state index contributed by atoms with van der Waals surface area (Å²) in [6.45, 7) is 0. The highest BCUT2D eigenvalue weighted by atomic mass is 19.4. The van der Waals surface area contributed by atoms with Crippen LogP contribution in [0.15, 0.2) is 23.4 Å². The summed E-state index contributed by atoms with van der Waals surface area (Å²) < 4.78 is 47.1. The minimum atomic E-state index is -4.66. The lowest BCUT2D eigenvalue weighted by Crippen LogP contribution is -2.25. The van der Waals surface area contributed by atoms with Gasteiger partial charge in [-0.3, -0.25) is 0 Å². The molecule has 0 spiro atoms. The number of benzene rings is 1. The van der Waals surface area contributed by atoms with Crippen molar-refractivity contribution >= 4 is 5.71 Å². The standard InChI is InChI=1S/C11H12F3NO3/c1-17-8-4-3-7(5-9(8)18-2)6-10(15-16)11(12,13)14/h3-5,16H,6H2,1-2H3/b15-10+. The van der Waals surface area contributed by atoms with Gasteiger partial charge in [0, 0.05) is 6.42 Å². The molecule has 0 saturated carbocycles. The Labute approximate surface area is 102 Å². The molecule has 0 aromatic heterocycles. The Hall–Kier alpha value is -1.92. The Bertz CT molecular complexity index is 444. The van der Waals surface area contributed by atoms with Crippen LogP contribution in [0.1, 0.15) is 5.56 Å². The fourth-order valence-corrected chi connectivity index (χ4v) is 1.38. The molecule has 0 unspecified atom stereocenters. The molecule has 100 valence electrons. The molecule has 1 aromatic carbocycles. The Balaban J connectivity index is 2.99. The maximum Gasteiger partial charge on any atom is 0.433 e. The third-order valence-electron chi connectivity index (χ3n) is 2.27. The summed E-state index contributed by atoms with van der Waals surface area (Å²) in [6, 6.07) is 4.33. The average molecular weight is 263 g/mol. The third kappa shape index (κ3) is 3.28. The summed E-state index contributed by atoms with van der Waals surface area (Å²) in [7, 11) is 2.81. The van der Waals surface area contributed by atoms with Gasteiger partial charge in [-0.05, 0) is 17.7 Å². The first kappa shape index (κ1) is 14.1. The zero-order chi connectivity index (χ0) is 13.8. The van der Waals surface area contributed by atoms with E-state index in [-0.39, 0.29) is 0 Å². The fourth-order valence-electron chi connectivity index (χ4n) is 1.38. The van der Waals surface area contributed by atoms with E-state index in [9.17, 15) is 13.2 Å². The fraction of sp³-hybridized carbons (Fsp3) is 0.364. The van der Waals surface area contributed by atoms with Crippen LogP contribution in [0.25, 0.3) is 0 Å². The summed E-state index contributed by atoms with van der Waals surface area (Å²) in [5.41, 5.74) is -0.965. The van der Waals surface area contributed by atoms with Crippen LogP contribution in [-0.2, 0) is 6.42 Å². The quantitative estimate of drug-likeness (QED) is 0.516. The second kappa shape index (κ2) is 5.61. The average Bonchev–Trinajstić information content (AvgIpc) is 2.34. The molecule has 0 heterocycles. The van der Waals surface area contributed by atoms with Gasteiger partial charge in [-0.15, -0.1) is 0 Å². The molecule has 0 saturated heterocycles. The number of oxime groups is 1. The van der Waals surface area contributed by atoms with Crippen LogP contribution in [0.2, 0.25) is 0 Å². The maximum atomic E-state index is 12.4. The first-order valence-corrected chi connectivity index (χ1v) is 4.91. The number of halogens is 3. The number of ether oxygens (including phenoxy) is 2. The predicted octanol–water partition coefficient (Wildman–Crippen LogP) is 2.64. The summed E-state index contributed by atoms with van der Waals surface area (Å²) >= 11 is 0. The summed E-state index contributed by atoms with van der Waals surface area (Å²) in [4.78, 5) is 0. The highest BCUT2D eigenvalue weighted by molar-refractivity contribution is 5.91. The number of nitrogens with zero attached hydrogens (tertiary/aromatic N) is 1. The molecule has 0 bridgehead atoms. The number of rotatable bonds is 4. The molecular formula is C11H12F3NO3. The largest absolute Gasteiger partial charge is 0.493 e. The molecule has 0 radical (unpaired) electrons. The van der Waals surface area contributed by atoms with E-state index >= 15 is 0 Å². The highest BCUT2D eigenvalue weighted by Gasteiger charge is 2.36. The number of methoxy groups -OCH3 is 2. The van der Waals surface area contributed by atoms with Crippen molar-refractivity contribution < 1.29 is 27.9 Å². The molecule has 1 N–H and O–H groups in total. The minimum absolute atomic E-state index is 0.303. The second-order valence-electron chi connectivity index (χ2n) is 3.41. The molecule has 0 aliphatic carbocycles. The van der Waals surface area contributed by atoms with Crippen molar-refractivity contribution in [2.24, 2.45) is 5.16 Å². The summed E-state index contributed by atoms with van der Waals surface area (Å²) in [6.07, 6.45) is -5.21. The predicted molar refractivity (Wildman–Crippen MR) is 58.5 cm³/mol. The van der Waals surface area contributed by atoms with E-state index in [0.717, 1.165) is 0 Å². The lowest BCUT2D eigenvalue weighted by molar-refractivity contribution is -0.0622. The molecular weight excluding hydrogens is 251 g/mol. The van der Waals surface area contributed by atoms with Crippen LogP contribution in [0.5, 0.6) is 11.5 Å². The van der Waals surface area contributed by atoms with Gasteiger partial charge in [0.15, 0.2) is 17.2 Å². The number of alkyl halides is 3. The SMILES string of the molecule is COc1ccc(C/C(=N\O)C(F)(F)F)cc1OC. The Morgan fingerprint density at radius 2 is 1.83 bits per heavy atom. The third-order valence-corrected chi connectivity index (χ3v) is 2.27. The number of hydrogen-bond acceptors (Lipinski definition) is 4. The van der Waals surface area contributed by atoms with Gasteiger partial charge in [0.25, 0.3) is 0 Å². The van der Waals surface area contributed by atoms with Gasteiger partial charge in [0.2, 0.25) is 0 Å². The van der Waals surface area contributed by atoms with E-state index in [1.54, 1.807) is 0 Å². The molecule has 1 aromatic rings. The Morgan fingerprint density at radius 1 is 1.22 bits per heavy atom. The van der Waals surface area contributed by atoms with Gasteiger partial charge >= 0.3 is 6.18 Å². The smallest absolute Gasteiger partial charge is 0.433 e. The van der Waals surface area contributed by atoms with Crippen LogP contribution in [-0.4, -0.2) is 31.3 Å². The van der Waals surface area contributed by atoms with Gasteiger partial charge in [0.05, 0.1) is 14.2 Å². The van der Waals surface area contributed by atoms with Gasteiger partial charge in [-0.25, -0.2) is 0 Å². The Morgan fingerprint density at radius 3 is 2.28 bits per heavy atom. The van der Waals surface area contributed by atoms with Gasteiger partial charge < -0.3 is 14.7 Å². The topological polar surface area (TPSA) is 51.0 Å². The normalized spacial score (nSPS) is 12.4. The first-order chi connectivity index (χ1) is 8.42. The molecule has 0 atom stereocenters. The van der Waals surface area contributed by atoms with Crippen LogP contribution < -0.4 is 9.47 Å². The molecule has 4 nitrogen and oxygen atoms in total. The van der Waals surface area contributed by atoms with E-state index in [0.29, 0.717) is 17.1 Å². The molecule has 7 heteroatoms. The molecule has 0 aliphatic heterocycles. The molecule has 0 aliphatic rings. The zero-order valence-electron chi connectivity index (χ0n) is 9.78. The molecule has 0 fully saturated rings. The summed E-state index contributed by atoms with van der Waals surface area (Å²) in [5, 5.41) is 10.6. The first-order valence-electron chi connectivity index (χ1n) is 4.91. The monoisotopic (exact) mass is 263 g/mol. The van der Waals surface area contributed by atoms with Crippen LogP contribution in [0.4, 0.5) is 13.2 Å². The second-order valence-corrected chi connectivity index (χ2v) is 3.41. The zero-order valence-corrected chi connectivity index (χ0v) is 9.78. The van der Waals surface area contributed by atoms with Gasteiger partial charge in [-0.2, -0.15) is 13.2 Å². The van der Waals surface area contributed by atoms with Crippen molar-refractivity contribution in [1.82, 2.24) is 0 Å². The van der Waals surface area contributed by atoms with Crippen molar-refractivity contribution in [2.45, 2.75) is 12.6 Å². The van der Waals surface area contributed by atoms with Crippen molar-refractivity contribution in [3.63, 3.8) is 0 Å². The van der Waals surface area contributed by atoms with Crippen LogP contribution >= 0.6 is 0 Å².